The summed E-state index contributed by atoms with van der Waals surface area (Å²) in [5, 5.41) is 0. The van der Waals surface area contributed by atoms with E-state index >= 15 is 0 Å². The van der Waals surface area contributed by atoms with E-state index in [2.05, 4.69) is 0 Å². The fraction of sp³-hybridized carbons (Fsp3) is 0.462. The predicted octanol–water partition coefficient (Wildman–Crippen LogP) is 2.42. The summed E-state index contributed by atoms with van der Waals surface area (Å²) in [5.74, 6) is 0.882. The highest BCUT2D eigenvalue weighted by atomic mass is 16.6. The van der Waals surface area contributed by atoms with Gasteiger partial charge in [-0.1, -0.05) is 13.0 Å². The van der Waals surface area contributed by atoms with Crippen molar-refractivity contribution in [1.82, 2.24) is 0 Å². The number of carbonyl (C=O) groups is 1. The van der Waals surface area contributed by atoms with E-state index in [9.17, 15) is 4.79 Å². The van der Waals surface area contributed by atoms with Crippen LogP contribution in [0.5, 0.6) is 11.5 Å². The number of hydrogen-bond acceptors (Lipinski definition) is 4. The Hall–Kier alpha value is -1.71. The van der Waals surface area contributed by atoms with Crippen LogP contribution < -0.4 is 9.47 Å². The minimum Gasteiger partial charge on any atom is -0.497 e. The van der Waals surface area contributed by atoms with Gasteiger partial charge in [0.1, 0.15) is 11.5 Å². The normalized spacial score (nSPS) is 13.6. The molecule has 4 nitrogen and oxygen atoms in total. The molecule has 4 heteroatoms. The summed E-state index contributed by atoms with van der Waals surface area (Å²) in [6.07, 6.45) is 0.525. The van der Waals surface area contributed by atoms with Crippen molar-refractivity contribution in [3.8, 4) is 11.5 Å². The SMILES string of the molecule is CCC(C)(Oc1cccc(OC)c1)C(=O)OC. The maximum absolute atomic E-state index is 11.6. The third-order valence-electron chi connectivity index (χ3n) is 2.68. The van der Waals surface area contributed by atoms with Gasteiger partial charge in [0.15, 0.2) is 0 Å². The molecular weight excluding hydrogens is 220 g/mol. The molecule has 0 saturated heterocycles. The number of carbonyl (C=O) groups excluding carboxylic acids is 1. The van der Waals surface area contributed by atoms with Crippen molar-refractivity contribution >= 4 is 5.97 Å². The third-order valence-corrected chi connectivity index (χ3v) is 2.68. The molecule has 1 aromatic rings. The average molecular weight is 238 g/mol. The van der Waals surface area contributed by atoms with Crippen LogP contribution in [0.25, 0.3) is 0 Å². The van der Waals surface area contributed by atoms with Crippen molar-refractivity contribution in [1.29, 1.82) is 0 Å². The molecule has 1 atom stereocenters. The second-order valence-corrected chi connectivity index (χ2v) is 3.86. The summed E-state index contributed by atoms with van der Waals surface area (Å²) in [7, 11) is 2.93. The summed E-state index contributed by atoms with van der Waals surface area (Å²) in [6, 6.07) is 7.13. The largest absolute Gasteiger partial charge is 0.497 e. The Bertz CT molecular complexity index is 389. The second kappa shape index (κ2) is 5.57. The van der Waals surface area contributed by atoms with Crippen LogP contribution in [0.1, 0.15) is 20.3 Å². The Labute approximate surface area is 101 Å². The predicted molar refractivity (Wildman–Crippen MR) is 64.3 cm³/mol. The van der Waals surface area contributed by atoms with E-state index in [1.54, 1.807) is 26.2 Å². The first-order valence-electron chi connectivity index (χ1n) is 5.47. The quantitative estimate of drug-likeness (QED) is 0.739. The first-order chi connectivity index (χ1) is 8.05. The maximum atomic E-state index is 11.6. The monoisotopic (exact) mass is 238 g/mol. The van der Waals surface area contributed by atoms with Crippen LogP contribution in [0.3, 0.4) is 0 Å². The molecule has 0 aliphatic rings. The number of hydrogen-bond donors (Lipinski definition) is 0. The molecule has 0 spiro atoms. The minimum absolute atomic E-state index is 0.386. The standard InChI is InChI=1S/C13H18O4/c1-5-13(2,12(14)16-4)17-11-8-6-7-10(9-11)15-3/h6-9H,5H2,1-4H3. The zero-order valence-electron chi connectivity index (χ0n) is 10.6. The van der Waals surface area contributed by atoms with Gasteiger partial charge in [-0.05, 0) is 25.5 Å². The molecule has 0 bridgehead atoms. The number of methoxy groups -OCH3 is 2. The van der Waals surface area contributed by atoms with Crippen molar-refractivity contribution in [2.75, 3.05) is 14.2 Å². The number of esters is 1. The molecule has 1 aromatic carbocycles. The van der Waals surface area contributed by atoms with Crippen molar-refractivity contribution < 1.29 is 19.0 Å². The summed E-state index contributed by atoms with van der Waals surface area (Å²) < 4.78 is 15.5. The van der Waals surface area contributed by atoms with Gasteiger partial charge < -0.3 is 14.2 Å². The fourth-order valence-corrected chi connectivity index (χ4v) is 1.40. The van der Waals surface area contributed by atoms with Gasteiger partial charge >= 0.3 is 5.97 Å². The van der Waals surface area contributed by atoms with Crippen LogP contribution in [0, 0.1) is 0 Å². The highest BCUT2D eigenvalue weighted by Gasteiger charge is 2.35. The molecule has 0 aliphatic carbocycles. The first-order valence-corrected chi connectivity index (χ1v) is 5.47. The van der Waals surface area contributed by atoms with E-state index in [1.165, 1.54) is 7.11 Å². The Morgan fingerprint density at radius 1 is 1.29 bits per heavy atom. The lowest BCUT2D eigenvalue weighted by Gasteiger charge is -2.26. The van der Waals surface area contributed by atoms with Crippen LogP contribution in [0.2, 0.25) is 0 Å². The van der Waals surface area contributed by atoms with Crippen molar-refractivity contribution in [2.45, 2.75) is 25.9 Å². The van der Waals surface area contributed by atoms with Gasteiger partial charge in [-0.2, -0.15) is 0 Å². The summed E-state index contributed by atoms with van der Waals surface area (Å²) >= 11 is 0. The van der Waals surface area contributed by atoms with Crippen molar-refractivity contribution in [3.05, 3.63) is 24.3 Å². The van der Waals surface area contributed by atoms with Gasteiger partial charge in [0.25, 0.3) is 0 Å². The van der Waals surface area contributed by atoms with E-state index in [1.807, 2.05) is 19.1 Å². The molecular formula is C13H18O4. The molecule has 0 N–H and O–H groups in total. The molecule has 0 saturated carbocycles. The smallest absolute Gasteiger partial charge is 0.349 e. The van der Waals surface area contributed by atoms with Crippen LogP contribution in [-0.2, 0) is 9.53 Å². The molecule has 94 valence electrons. The molecule has 0 heterocycles. The summed E-state index contributed by atoms with van der Waals surface area (Å²) in [6.45, 7) is 3.58. The molecule has 1 unspecified atom stereocenters. The maximum Gasteiger partial charge on any atom is 0.349 e. The van der Waals surface area contributed by atoms with Crippen LogP contribution in [0.4, 0.5) is 0 Å². The highest BCUT2D eigenvalue weighted by Crippen LogP contribution is 2.25. The van der Waals surface area contributed by atoms with E-state index < -0.39 is 5.60 Å². The molecule has 0 amide bonds. The van der Waals surface area contributed by atoms with Gasteiger partial charge in [-0.25, -0.2) is 4.79 Å². The Balaban J connectivity index is 2.90. The first kappa shape index (κ1) is 13.4. The van der Waals surface area contributed by atoms with Crippen molar-refractivity contribution in [3.63, 3.8) is 0 Å². The van der Waals surface area contributed by atoms with Gasteiger partial charge in [-0.15, -0.1) is 0 Å². The van der Waals surface area contributed by atoms with Crippen LogP contribution in [-0.4, -0.2) is 25.8 Å². The Morgan fingerprint density at radius 3 is 2.47 bits per heavy atom. The third kappa shape index (κ3) is 3.12. The minimum atomic E-state index is -0.971. The van der Waals surface area contributed by atoms with Gasteiger partial charge in [0.2, 0.25) is 5.60 Å². The summed E-state index contributed by atoms with van der Waals surface area (Å²) in [4.78, 5) is 11.6. The Kier molecular flexibility index (Phi) is 4.37. The highest BCUT2D eigenvalue weighted by molar-refractivity contribution is 5.79. The Morgan fingerprint density at radius 2 is 1.94 bits per heavy atom. The molecule has 17 heavy (non-hydrogen) atoms. The lowest BCUT2D eigenvalue weighted by atomic mass is 10.0. The second-order valence-electron chi connectivity index (χ2n) is 3.86. The van der Waals surface area contributed by atoms with Gasteiger partial charge in [-0.3, -0.25) is 0 Å². The average Bonchev–Trinajstić information content (AvgIpc) is 2.37. The molecule has 0 fully saturated rings. The lowest BCUT2D eigenvalue weighted by molar-refractivity contribution is -0.157. The van der Waals surface area contributed by atoms with E-state index in [0.717, 1.165) is 0 Å². The summed E-state index contributed by atoms with van der Waals surface area (Å²) in [5.41, 5.74) is -0.971. The van der Waals surface area contributed by atoms with Crippen molar-refractivity contribution in [2.24, 2.45) is 0 Å². The molecule has 1 rings (SSSR count). The van der Waals surface area contributed by atoms with E-state index in [-0.39, 0.29) is 5.97 Å². The topological polar surface area (TPSA) is 44.8 Å². The van der Waals surface area contributed by atoms with Crippen LogP contribution in [0.15, 0.2) is 24.3 Å². The number of ether oxygens (including phenoxy) is 3. The van der Waals surface area contributed by atoms with Crippen LogP contribution >= 0.6 is 0 Å². The zero-order chi connectivity index (χ0) is 12.9. The van der Waals surface area contributed by atoms with E-state index in [4.69, 9.17) is 14.2 Å². The zero-order valence-corrected chi connectivity index (χ0v) is 10.6. The van der Waals surface area contributed by atoms with Gasteiger partial charge in [0.05, 0.1) is 14.2 Å². The lowest BCUT2D eigenvalue weighted by Crippen LogP contribution is -2.41. The number of benzene rings is 1. The number of rotatable bonds is 5. The van der Waals surface area contributed by atoms with E-state index in [0.29, 0.717) is 17.9 Å². The molecule has 0 aromatic heterocycles. The van der Waals surface area contributed by atoms with Gasteiger partial charge in [0, 0.05) is 6.07 Å². The fourth-order valence-electron chi connectivity index (χ4n) is 1.40. The molecule has 0 aliphatic heterocycles. The molecule has 0 radical (unpaired) electrons.